The molecule has 0 fully saturated rings. The van der Waals surface area contributed by atoms with Gasteiger partial charge in [-0.1, -0.05) is 13.8 Å². The molecule has 0 atom stereocenters. The van der Waals surface area contributed by atoms with Crippen molar-refractivity contribution in [2.45, 2.75) is 26.7 Å². The number of rotatable bonds is 7. The Morgan fingerprint density at radius 3 is 2.30 bits per heavy atom. The highest BCUT2D eigenvalue weighted by molar-refractivity contribution is 7.89. The lowest BCUT2D eigenvalue weighted by Crippen LogP contribution is -2.37. The summed E-state index contributed by atoms with van der Waals surface area (Å²) in [6.45, 7) is 3.64. The van der Waals surface area contributed by atoms with Gasteiger partial charge >= 0.3 is 0 Å². The summed E-state index contributed by atoms with van der Waals surface area (Å²) in [5.74, 6) is -1.86. The zero-order valence-corrected chi connectivity index (χ0v) is 12.3. The Morgan fingerprint density at radius 1 is 1.25 bits per heavy atom. The van der Waals surface area contributed by atoms with Gasteiger partial charge in [-0.25, -0.2) is 22.3 Å². The Morgan fingerprint density at radius 2 is 1.85 bits per heavy atom. The second-order valence-electron chi connectivity index (χ2n) is 4.88. The highest BCUT2D eigenvalue weighted by atomic mass is 32.2. The van der Waals surface area contributed by atoms with Gasteiger partial charge in [0.25, 0.3) is 0 Å². The molecule has 0 aliphatic carbocycles. The number of ether oxygens (including phenoxy) is 1. The lowest BCUT2D eigenvalue weighted by atomic mass is 9.85. The maximum absolute atomic E-state index is 13.5. The predicted octanol–water partition coefficient (Wildman–Crippen LogP) is 2.44. The van der Waals surface area contributed by atoms with Crippen molar-refractivity contribution in [2.75, 3.05) is 12.4 Å². The van der Waals surface area contributed by atoms with E-state index >= 15 is 0 Å². The number of sulfonamides is 1. The highest BCUT2D eigenvalue weighted by Crippen LogP contribution is 2.30. The minimum Gasteiger partial charge on any atom is -0.490 e. The first-order valence-corrected chi connectivity index (χ1v) is 8.01. The minimum absolute atomic E-state index is 0.00101. The molecule has 4 nitrogen and oxygen atoms in total. The smallest absolute Gasteiger partial charge is 0.209 e. The normalized spacial score (nSPS) is 12.4. The molecule has 0 amide bonds. The summed E-state index contributed by atoms with van der Waals surface area (Å²) in [7, 11) is -3.66. The van der Waals surface area contributed by atoms with Crippen molar-refractivity contribution < 1.29 is 21.9 Å². The molecule has 0 radical (unpaired) electrons. The molecule has 1 rings (SSSR count). The van der Waals surface area contributed by atoms with E-state index in [2.05, 4.69) is 0 Å². The van der Waals surface area contributed by atoms with Crippen LogP contribution in [0.5, 0.6) is 5.75 Å². The van der Waals surface area contributed by atoms with Crippen LogP contribution in [-0.4, -0.2) is 20.8 Å². The maximum atomic E-state index is 13.5. The maximum Gasteiger partial charge on any atom is 0.209 e. The fourth-order valence-corrected chi connectivity index (χ4v) is 3.29. The van der Waals surface area contributed by atoms with Gasteiger partial charge in [0.05, 0.1) is 12.4 Å². The SMILES string of the molecule is CCC(CC)(COc1ccc(F)cc1F)CS(N)(=O)=O. The first-order chi connectivity index (χ1) is 9.21. The molecule has 0 aliphatic heterocycles. The van der Waals surface area contributed by atoms with E-state index in [4.69, 9.17) is 9.88 Å². The van der Waals surface area contributed by atoms with E-state index in [-0.39, 0.29) is 18.1 Å². The van der Waals surface area contributed by atoms with Crippen LogP contribution in [0.3, 0.4) is 0 Å². The van der Waals surface area contributed by atoms with Crippen molar-refractivity contribution in [3.63, 3.8) is 0 Å². The molecule has 114 valence electrons. The molecule has 0 heterocycles. The lowest BCUT2D eigenvalue weighted by Gasteiger charge is -2.30. The quantitative estimate of drug-likeness (QED) is 0.841. The first kappa shape index (κ1) is 16.8. The first-order valence-electron chi connectivity index (χ1n) is 6.29. The lowest BCUT2D eigenvalue weighted by molar-refractivity contribution is 0.149. The van der Waals surface area contributed by atoms with Crippen LogP contribution in [0, 0.1) is 17.0 Å². The van der Waals surface area contributed by atoms with Gasteiger partial charge in [0.2, 0.25) is 10.0 Å². The summed E-state index contributed by atoms with van der Waals surface area (Å²) in [5.41, 5.74) is -0.686. The Hall–Kier alpha value is -1.21. The van der Waals surface area contributed by atoms with E-state index in [9.17, 15) is 17.2 Å². The Balaban J connectivity index is 2.86. The van der Waals surface area contributed by atoms with Crippen LogP contribution in [0.1, 0.15) is 26.7 Å². The topological polar surface area (TPSA) is 69.4 Å². The van der Waals surface area contributed by atoms with Gasteiger partial charge in [0.15, 0.2) is 11.6 Å². The molecule has 0 aromatic heterocycles. The molecule has 1 aromatic carbocycles. The zero-order valence-electron chi connectivity index (χ0n) is 11.5. The monoisotopic (exact) mass is 307 g/mol. The van der Waals surface area contributed by atoms with Crippen molar-refractivity contribution >= 4 is 10.0 Å². The Labute approximate surface area is 118 Å². The summed E-state index contributed by atoms with van der Waals surface area (Å²) in [6, 6.07) is 2.98. The van der Waals surface area contributed by atoms with E-state index in [1.807, 2.05) is 13.8 Å². The third-order valence-corrected chi connectivity index (χ3v) is 4.45. The van der Waals surface area contributed by atoms with E-state index in [0.29, 0.717) is 18.9 Å². The van der Waals surface area contributed by atoms with E-state index in [0.717, 1.165) is 6.07 Å². The van der Waals surface area contributed by atoms with Gasteiger partial charge in [0.1, 0.15) is 5.82 Å². The third-order valence-electron chi connectivity index (χ3n) is 3.44. The fourth-order valence-electron chi connectivity index (χ4n) is 1.95. The van der Waals surface area contributed by atoms with Gasteiger partial charge in [-0.05, 0) is 25.0 Å². The van der Waals surface area contributed by atoms with Crippen LogP contribution in [-0.2, 0) is 10.0 Å². The highest BCUT2D eigenvalue weighted by Gasteiger charge is 2.32. The van der Waals surface area contributed by atoms with Gasteiger partial charge < -0.3 is 4.74 Å². The number of halogens is 2. The van der Waals surface area contributed by atoms with Crippen LogP contribution >= 0.6 is 0 Å². The Bertz CT molecular complexity index is 557. The largest absolute Gasteiger partial charge is 0.490 e. The van der Waals surface area contributed by atoms with E-state index in [1.165, 1.54) is 6.07 Å². The van der Waals surface area contributed by atoms with Crippen molar-refractivity contribution in [3.05, 3.63) is 29.8 Å². The predicted molar refractivity (Wildman–Crippen MR) is 72.8 cm³/mol. The summed E-state index contributed by atoms with van der Waals surface area (Å²) in [6.07, 6.45) is 1.03. The summed E-state index contributed by atoms with van der Waals surface area (Å²) >= 11 is 0. The number of nitrogens with two attached hydrogens (primary N) is 1. The molecular formula is C13H19F2NO3S. The number of hydrogen-bond acceptors (Lipinski definition) is 3. The second kappa shape index (κ2) is 6.49. The third kappa shape index (κ3) is 4.72. The van der Waals surface area contributed by atoms with E-state index in [1.54, 1.807) is 0 Å². The van der Waals surface area contributed by atoms with Crippen LogP contribution in [0.25, 0.3) is 0 Å². The standard InChI is InChI=1S/C13H19F2NO3S/c1-3-13(4-2,9-20(16,17)18)8-19-12-6-5-10(14)7-11(12)15/h5-7H,3-4,8-9H2,1-2H3,(H2,16,17,18). The van der Waals surface area contributed by atoms with Crippen molar-refractivity contribution in [3.8, 4) is 5.75 Å². The summed E-state index contributed by atoms with van der Waals surface area (Å²) in [5, 5.41) is 5.08. The fraction of sp³-hybridized carbons (Fsp3) is 0.538. The number of hydrogen-bond donors (Lipinski definition) is 1. The van der Waals surface area contributed by atoms with Crippen molar-refractivity contribution in [1.82, 2.24) is 0 Å². The number of benzene rings is 1. The van der Waals surface area contributed by atoms with Gasteiger partial charge in [-0.2, -0.15) is 0 Å². The van der Waals surface area contributed by atoms with Crippen LogP contribution < -0.4 is 9.88 Å². The summed E-state index contributed by atoms with van der Waals surface area (Å²) in [4.78, 5) is 0. The van der Waals surface area contributed by atoms with Gasteiger partial charge in [-0.15, -0.1) is 0 Å². The average Bonchev–Trinajstić information content (AvgIpc) is 2.35. The Kier molecular flexibility index (Phi) is 5.47. The van der Waals surface area contributed by atoms with E-state index < -0.39 is 27.1 Å². The minimum atomic E-state index is -3.66. The van der Waals surface area contributed by atoms with Crippen LogP contribution in [0.2, 0.25) is 0 Å². The molecular weight excluding hydrogens is 288 g/mol. The molecule has 0 bridgehead atoms. The molecule has 1 aromatic rings. The molecule has 2 N–H and O–H groups in total. The average molecular weight is 307 g/mol. The second-order valence-corrected chi connectivity index (χ2v) is 6.49. The molecule has 0 aliphatic rings. The molecule has 0 saturated heterocycles. The zero-order chi connectivity index (χ0) is 15.4. The molecule has 0 spiro atoms. The van der Waals surface area contributed by atoms with Crippen molar-refractivity contribution in [1.29, 1.82) is 0 Å². The van der Waals surface area contributed by atoms with Gasteiger partial charge in [0, 0.05) is 11.5 Å². The van der Waals surface area contributed by atoms with Gasteiger partial charge in [-0.3, -0.25) is 0 Å². The molecule has 7 heteroatoms. The van der Waals surface area contributed by atoms with Crippen LogP contribution in [0.15, 0.2) is 18.2 Å². The molecule has 20 heavy (non-hydrogen) atoms. The van der Waals surface area contributed by atoms with Crippen LogP contribution in [0.4, 0.5) is 8.78 Å². The molecule has 0 unspecified atom stereocenters. The number of primary sulfonamides is 1. The summed E-state index contributed by atoms with van der Waals surface area (Å²) < 4.78 is 54.1. The van der Waals surface area contributed by atoms with Crippen molar-refractivity contribution in [2.24, 2.45) is 10.6 Å². The molecule has 0 saturated carbocycles.